The van der Waals surface area contributed by atoms with Crippen molar-refractivity contribution in [2.75, 3.05) is 12.4 Å². The van der Waals surface area contributed by atoms with E-state index in [-0.39, 0.29) is 17.6 Å². The van der Waals surface area contributed by atoms with Gasteiger partial charge in [-0.15, -0.1) is 0 Å². The Morgan fingerprint density at radius 1 is 0.925 bits per heavy atom. The van der Waals surface area contributed by atoms with Gasteiger partial charge in [0, 0.05) is 29.4 Å². The fourth-order valence-electron chi connectivity index (χ4n) is 4.99. The van der Waals surface area contributed by atoms with Crippen LogP contribution in [0.15, 0.2) is 66.7 Å². The van der Waals surface area contributed by atoms with Gasteiger partial charge in [0.05, 0.1) is 12.7 Å². The Bertz CT molecular complexity index is 1350. The van der Waals surface area contributed by atoms with Crippen molar-refractivity contribution in [3.8, 4) is 11.8 Å². The van der Waals surface area contributed by atoms with E-state index in [9.17, 15) is 14.0 Å². The molecule has 0 spiro atoms. The Kier molecular flexibility index (Phi) is 10.3. The standard InChI is InChI=1S/C34H37FN2O3/c1-3-4-8-25-11-13-26(14-12-25)15-16-27-17-19-28(20-18-27)24-37(30-9-6-5-7-10-30)34(39)36-29-21-22-32(35)31(23-29)33(38)40-2/h11-14,17-23,30H,3-10,24H2,1-2H3,(H,36,39). The highest BCUT2D eigenvalue weighted by Crippen LogP contribution is 2.26. The van der Waals surface area contributed by atoms with Gasteiger partial charge in [0.15, 0.2) is 0 Å². The molecular formula is C34H37FN2O3. The summed E-state index contributed by atoms with van der Waals surface area (Å²) in [6.07, 6.45) is 8.67. The number of nitrogens with zero attached hydrogens (tertiary/aromatic N) is 1. The molecule has 6 heteroatoms. The molecule has 0 bridgehead atoms. The van der Waals surface area contributed by atoms with E-state index >= 15 is 0 Å². The number of esters is 1. The molecule has 3 aromatic carbocycles. The number of hydrogen-bond acceptors (Lipinski definition) is 3. The van der Waals surface area contributed by atoms with E-state index in [1.165, 1.54) is 44.1 Å². The van der Waals surface area contributed by atoms with Gasteiger partial charge in [-0.3, -0.25) is 0 Å². The molecule has 3 aromatic rings. The quantitative estimate of drug-likeness (QED) is 0.235. The second-order valence-corrected chi connectivity index (χ2v) is 10.3. The Labute approximate surface area is 236 Å². The number of anilines is 1. The van der Waals surface area contributed by atoms with E-state index in [2.05, 4.69) is 53.1 Å². The Hall–Kier alpha value is -4.11. The molecule has 0 heterocycles. The molecule has 208 valence electrons. The minimum Gasteiger partial charge on any atom is -0.465 e. The Balaban J connectivity index is 1.45. The van der Waals surface area contributed by atoms with Gasteiger partial charge in [-0.25, -0.2) is 14.0 Å². The summed E-state index contributed by atoms with van der Waals surface area (Å²) in [4.78, 5) is 27.2. The predicted molar refractivity (Wildman–Crippen MR) is 157 cm³/mol. The maximum absolute atomic E-state index is 14.1. The second kappa shape index (κ2) is 14.3. The first kappa shape index (κ1) is 28.9. The van der Waals surface area contributed by atoms with Crippen LogP contribution in [0.3, 0.4) is 0 Å². The molecule has 0 aromatic heterocycles. The minimum atomic E-state index is -0.787. The van der Waals surface area contributed by atoms with E-state index in [1.54, 1.807) is 0 Å². The summed E-state index contributed by atoms with van der Waals surface area (Å²) in [6, 6.07) is 20.2. The third kappa shape index (κ3) is 7.95. The first-order valence-corrected chi connectivity index (χ1v) is 14.1. The lowest BCUT2D eigenvalue weighted by Gasteiger charge is -2.34. The van der Waals surface area contributed by atoms with Crippen molar-refractivity contribution < 1.29 is 18.7 Å². The lowest BCUT2D eigenvalue weighted by molar-refractivity contribution is 0.0595. The number of amides is 2. The monoisotopic (exact) mass is 540 g/mol. The average molecular weight is 541 g/mol. The fourth-order valence-corrected chi connectivity index (χ4v) is 4.99. The van der Waals surface area contributed by atoms with Crippen LogP contribution in [0.1, 0.15) is 84.5 Å². The number of methoxy groups -OCH3 is 1. The largest absolute Gasteiger partial charge is 0.465 e. The van der Waals surface area contributed by atoms with Crippen LogP contribution in [0, 0.1) is 17.7 Å². The van der Waals surface area contributed by atoms with Gasteiger partial charge >= 0.3 is 12.0 Å². The summed E-state index contributed by atoms with van der Waals surface area (Å²) in [5, 5.41) is 2.86. The number of carbonyl (C=O) groups excluding carboxylic acids is 2. The van der Waals surface area contributed by atoms with Crippen LogP contribution in [0.2, 0.25) is 0 Å². The van der Waals surface area contributed by atoms with Gasteiger partial charge < -0.3 is 15.0 Å². The third-order valence-corrected chi connectivity index (χ3v) is 7.33. The molecule has 0 aliphatic heterocycles. The van der Waals surface area contributed by atoms with Crippen LogP contribution < -0.4 is 5.32 Å². The zero-order chi connectivity index (χ0) is 28.3. The maximum Gasteiger partial charge on any atom is 0.340 e. The number of ether oxygens (including phenoxy) is 1. The molecule has 1 aliphatic rings. The van der Waals surface area contributed by atoms with Crippen LogP contribution in [0.25, 0.3) is 0 Å². The predicted octanol–water partition coefficient (Wildman–Crippen LogP) is 7.72. The molecule has 1 N–H and O–H groups in total. The molecule has 5 nitrogen and oxygen atoms in total. The van der Waals surface area contributed by atoms with Crippen LogP contribution in [0.4, 0.5) is 14.9 Å². The molecule has 4 rings (SSSR count). The molecule has 0 atom stereocenters. The van der Waals surface area contributed by atoms with Gasteiger partial charge in [0.25, 0.3) is 0 Å². The maximum atomic E-state index is 14.1. The van der Waals surface area contributed by atoms with E-state index in [0.717, 1.165) is 54.9 Å². The Morgan fingerprint density at radius 2 is 1.55 bits per heavy atom. The fraction of sp³-hybridized carbons (Fsp3) is 0.353. The van der Waals surface area contributed by atoms with Gasteiger partial charge in [-0.05, 0) is 79.3 Å². The lowest BCUT2D eigenvalue weighted by Crippen LogP contribution is -2.43. The summed E-state index contributed by atoms with van der Waals surface area (Å²) < 4.78 is 18.7. The van der Waals surface area contributed by atoms with Crippen molar-refractivity contribution in [1.82, 2.24) is 4.90 Å². The van der Waals surface area contributed by atoms with Gasteiger partial charge in [0.1, 0.15) is 5.82 Å². The van der Waals surface area contributed by atoms with Crippen molar-refractivity contribution in [1.29, 1.82) is 0 Å². The first-order chi connectivity index (χ1) is 19.5. The number of aryl methyl sites for hydroxylation is 1. The molecule has 1 saturated carbocycles. The highest BCUT2D eigenvalue weighted by atomic mass is 19.1. The Morgan fingerprint density at radius 3 is 2.15 bits per heavy atom. The van der Waals surface area contributed by atoms with Gasteiger partial charge in [-0.1, -0.05) is 68.7 Å². The van der Waals surface area contributed by atoms with Crippen LogP contribution >= 0.6 is 0 Å². The van der Waals surface area contributed by atoms with Crippen molar-refractivity contribution in [2.45, 2.75) is 70.9 Å². The van der Waals surface area contributed by atoms with Crippen LogP contribution in [0.5, 0.6) is 0 Å². The van der Waals surface area contributed by atoms with Gasteiger partial charge in [-0.2, -0.15) is 0 Å². The normalized spacial score (nSPS) is 13.2. The van der Waals surface area contributed by atoms with Crippen LogP contribution in [-0.2, 0) is 17.7 Å². The number of hydrogen-bond donors (Lipinski definition) is 1. The van der Waals surface area contributed by atoms with Crippen molar-refractivity contribution in [3.05, 3.63) is 100 Å². The van der Waals surface area contributed by atoms with E-state index in [1.807, 2.05) is 29.2 Å². The number of unbranched alkanes of at least 4 members (excludes halogenated alkanes) is 1. The highest BCUT2D eigenvalue weighted by molar-refractivity contribution is 5.94. The van der Waals surface area contributed by atoms with E-state index in [0.29, 0.717) is 12.2 Å². The van der Waals surface area contributed by atoms with Gasteiger partial charge in [0.2, 0.25) is 0 Å². The number of urea groups is 1. The highest BCUT2D eigenvalue weighted by Gasteiger charge is 2.26. The summed E-state index contributed by atoms with van der Waals surface area (Å²) in [5.41, 5.74) is 4.37. The van der Waals surface area contributed by atoms with Crippen molar-refractivity contribution in [2.24, 2.45) is 0 Å². The van der Waals surface area contributed by atoms with E-state index < -0.39 is 11.8 Å². The van der Waals surface area contributed by atoms with Crippen LogP contribution in [-0.4, -0.2) is 30.1 Å². The number of halogens is 1. The summed E-state index contributed by atoms with van der Waals surface area (Å²) in [6.45, 7) is 2.64. The smallest absolute Gasteiger partial charge is 0.340 e. The minimum absolute atomic E-state index is 0.106. The third-order valence-electron chi connectivity index (χ3n) is 7.33. The average Bonchev–Trinajstić information content (AvgIpc) is 2.99. The zero-order valence-corrected chi connectivity index (χ0v) is 23.3. The molecular weight excluding hydrogens is 503 g/mol. The molecule has 0 saturated heterocycles. The van der Waals surface area contributed by atoms with Crippen molar-refractivity contribution in [3.63, 3.8) is 0 Å². The van der Waals surface area contributed by atoms with Crippen molar-refractivity contribution >= 4 is 17.7 Å². The molecule has 1 aliphatic carbocycles. The number of benzene rings is 3. The number of rotatable bonds is 8. The zero-order valence-electron chi connectivity index (χ0n) is 23.3. The summed E-state index contributed by atoms with van der Waals surface area (Å²) in [7, 11) is 1.19. The topological polar surface area (TPSA) is 58.6 Å². The number of carbonyl (C=O) groups is 2. The van der Waals surface area contributed by atoms with E-state index in [4.69, 9.17) is 0 Å². The molecule has 0 radical (unpaired) electrons. The summed E-state index contributed by atoms with van der Waals surface area (Å²) in [5.74, 6) is 4.99. The molecule has 2 amide bonds. The first-order valence-electron chi connectivity index (χ1n) is 14.1. The number of nitrogens with one attached hydrogen (secondary N) is 1. The molecule has 1 fully saturated rings. The second-order valence-electron chi connectivity index (χ2n) is 10.3. The molecule has 40 heavy (non-hydrogen) atoms. The molecule has 0 unspecified atom stereocenters. The SMILES string of the molecule is CCCCc1ccc(C#Cc2ccc(CN(C(=O)Nc3ccc(F)c(C(=O)OC)c3)C3CCCCC3)cc2)cc1. The summed E-state index contributed by atoms with van der Waals surface area (Å²) >= 11 is 0. The lowest BCUT2D eigenvalue weighted by atomic mass is 9.94.